The summed E-state index contributed by atoms with van der Waals surface area (Å²) >= 11 is 0. The molecule has 96 valence electrons. The van der Waals surface area contributed by atoms with Crippen molar-refractivity contribution < 1.29 is 31.4 Å². The van der Waals surface area contributed by atoms with Gasteiger partial charge in [0.1, 0.15) is 0 Å². The third kappa shape index (κ3) is 2.19. The van der Waals surface area contributed by atoms with Gasteiger partial charge in [0, 0.05) is 13.0 Å². The highest BCUT2D eigenvalue weighted by Crippen LogP contribution is 2.44. The number of hydrazone groups is 1. The van der Waals surface area contributed by atoms with Crippen molar-refractivity contribution in [3.8, 4) is 0 Å². The molecular weight excluding hydrogens is 266 g/mol. The Hall–Kier alpha value is -0.700. The summed E-state index contributed by atoms with van der Waals surface area (Å²) in [5.74, 6) is 0. The topological polar surface area (TPSA) is 44.6 Å². The molecule has 1 aliphatic heterocycles. The first-order valence-electron chi connectivity index (χ1n) is 3.76. The van der Waals surface area contributed by atoms with Crippen LogP contribution in [0.5, 0.6) is 0 Å². The van der Waals surface area contributed by atoms with Crippen molar-refractivity contribution >= 4 is 18.1 Å². The fourth-order valence-electron chi connectivity index (χ4n) is 1.13. The molecule has 3 nitrogen and oxygen atoms in total. The van der Waals surface area contributed by atoms with Gasteiger partial charge in [0.2, 0.25) is 0 Å². The zero-order valence-electron chi connectivity index (χ0n) is 7.48. The number of aliphatic hydroxyl groups is 1. The van der Waals surface area contributed by atoms with Crippen LogP contribution in [0.3, 0.4) is 0 Å². The summed E-state index contributed by atoms with van der Waals surface area (Å²) in [6, 6.07) is 0. The molecule has 0 aliphatic carbocycles. The van der Waals surface area contributed by atoms with Crippen LogP contribution < -0.4 is 5.43 Å². The third-order valence-corrected chi connectivity index (χ3v) is 1.93. The summed E-state index contributed by atoms with van der Waals surface area (Å²) in [7, 11) is 0. The van der Waals surface area contributed by atoms with E-state index in [4.69, 9.17) is 5.11 Å². The minimum Gasteiger partial charge on any atom is -0.369 e. The summed E-state index contributed by atoms with van der Waals surface area (Å²) in [5, 5.41) is 11.6. The minimum absolute atomic E-state index is 0. The molecule has 0 aromatic rings. The van der Waals surface area contributed by atoms with Crippen molar-refractivity contribution in [3.05, 3.63) is 0 Å². The van der Waals surface area contributed by atoms with E-state index in [1.54, 1.807) is 0 Å². The Morgan fingerprint density at radius 3 is 1.75 bits per heavy atom. The predicted molar refractivity (Wildman–Crippen MR) is 44.4 cm³/mol. The summed E-state index contributed by atoms with van der Waals surface area (Å²) < 4.78 is 73.0. The van der Waals surface area contributed by atoms with Crippen LogP contribution in [0.25, 0.3) is 0 Å². The van der Waals surface area contributed by atoms with Crippen LogP contribution in [0.4, 0.5) is 26.3 Å². The van der Waals surface area contributed by atoms with Crippen LogP contribution in [0.2, 0.25) is 0 Å². The summed E-state index contributed by atoms with van der Waals surface area (Å²) in [5.41, 5.74) is -4.27. The molecule has 1 aliphatic rings. The molecule has 0 aromatic heterocycles. The van der Waals surface area contributed by atoms with Gasteiger partial charge in [-0.15, -0.1) is 12.4 Å². The number of hydrogen-bond acceptors (Lipinski definition) is 3. The maximum atomic E-state index is 12.2. The van der Waals surface area contributed by atoms with Crippen LogP contribution in [-0.2, 0) is 0 Å². The van der Waals surface area contributed by atoms with E-state index in [9.17, 15) is 26.3 Å². The average molecular weight is 273 g/mol. The molecule has 0 saturated heterocycles. The van der Waals surface area contributed by atoms with E-state index in [0.29, 0.717) is 0 Å². The van der Waals surface area contributed by atoms with Crippen molar-refractivity contribution in [3.63, 3.8) is 0 Å². The molecule has 0 amide bonds. The lowest BCUT2D eigenvalue weighted by Crippen LogP contribution is -2.62. The van der Waals surface area contributed by atoms with Crippen molar-refractivity contribution in [2.75, 3.05) is 6.54 Å². The van der Waals surface area contributed by atoms with Crippen LogP contribution in [0.1, 0.15) is 6.42 Å². The number of rotatable bonds is 1. The maximum absolute atomic E-state index is 12.2. The van der Waals surface area contributed by atoms with Gasteiger partial charge >= 0.3 is 12.4 Å². The fourth-order valence-corrected chi connectivity index (χ4v) is 1.13. The molecule has 1 heterocycles. The van der Waals surface area contributed by atoms with Gasteiger partial charge in [-0.05, 0) is 0 Å². The normalized spacial score (nSPS) is 17.6. The summed E-state index contributed by atoms with van der Waals surface area (Å²) in [6.07, 6.45) is -12.3. The fraction of sp³-hybridized carbons (Fsp3) is 0.833. The first kappa shape index (κ1) is 15.3. The van der Waals surface area contributed by atoms with Crippen LogP contribution in [0, 0.1) is 0 Å². The Bertz CT molecular complexity index is 272. The van der Waals surface area contributed by atoms with Crippen molar-refractivity contribution in [1.82, 2.24) is 5.43 Å². The number of halogens is 7. The Morgan fingerprint density at radius 2 is 1.50 bits per heavy atom. The third-order valence-electron chi connectivity index (χ3n) is 1.93. The van der Waals surface area contributed by atoms with Gasteiger partial charge in [-0.2, -0.15) is 31.4 Å². The molecule has 16 heavy (non-hydrogen) atoms. The maximum Gasteiger partial charge on any atom is 0.431 e. The first-order valence-corrected chi connectivity index (χ1v) is 3.76. The first-order chi connectivity index (χ1) is 6.61. The van der Waals surface area contributed by atoms with Crippen molar-refractivity contribution in [1.29, 1.82) is 0 Å². The van der Waals surface area contributed by atoms with Crippen molar-refractivity contribution in [2.45, 2.75) is 24.4 Å². The largest absolute Gasteiger partial charge is 0.431 e. The second kappa shape index (κ2) is 4.28. The molecule has 0 spiro atoms. The van der Waals surface area contributed by atoms with Gasteiger partial charge in [0.15, 0.2) is 0 Å². The highest BCUT2D eigenvalue weighted by atomic mass is 35.5. The van der Waals surface area contributed by atoms with E-state index in [1.807, 2.05) is 5.43 Å². The Morgan fingerprint density at radius 1 is 1.06 bits per heavy atom. The molecular formula is C6H7ClF6N2O. The highest BCUT2D eigenvalue weighted by Gasteiger charge is 2.73. The van der Waals surface area contributed by atoms with E-state index >= 15 is 0 Å². The second-order valence-electron chi connectivity index (χ2n) is 2.92. The van der Waals surface area contributed by atoms with Crippen molar-refractivity contribution in [2.24, 2.45) is 5.10 Å². The lowest BCUT2D eigenvalue weighted by Gasteiger charge is -2.31. The van der Waals surface area contributed by atoms with Gasteiger partial charge in [0.05, 0.1) is 5.71 Å². The minimum atomic E-state index is -5.84. The summed E-state index contributed by atoms with van der Waals surface area (Å²) in [4.78, 5) is 0. The zero-order valence-corrected chi connectivity index (χ0v) is 8.30. The molecule has 2 N–H and O–H groups in total. The molecule has 0 aromatic carbocycles. The monoisotopic (exact) mass is 272 g/mol. The van der Waals surface area contributed by atoms with Gasteiger partial charge in [-0.3, -0.25) is 0 Å². The molecule has 0 radical (unpaired) electrons. The molecule has 0 fully saturated rings. The highest BCUT2D eigenvalue weighted by molar-refractivity contribution is 5.95. The van der Waals surface area contributed by atoms with E-state index in [1.165, 1.54) is 0 Å². The Balaban J connectivity index is 0.00000225. The van der Waals surface area contributed by atoms with E-state index in [-0.39, 0.29) is 19.0 Å². The quantitative estimate of drug-likeness (QED) is 0.713. The van der Waals surface area contributed by atoms with Crippen LogP contribution in [-0.4, -0.2) is 35.3 Å². The van der Waals surface area contributed by atoms with Gasteiger partial charge < -0.3 is 10.5 Å². The lowest BCUT2D eigenvalue weighted by atomic mass is 9.94. The van der Waals surface area contributed by atoms with E-state index in [0.717, 1.165) is 0 Å². The number of nitrogens with one attached hydrogen (secondary N) is 1. The van der Waals surface area contributed by atoms with E-state index < -0.39 is 30.1 Å². The average Bonchev–Trinajstić information content (AvgIpc) is 2.49. The predicted octanol–water partition coefficient (Wildman–Crippen LogP) is 1.61. The molecule has 10 heteroatoms. The smallest absolute Gasteiger partial charge is 0.369 e. The lowest BCUT2D eigenvalue weighted by molar-refractivity contribution is -0.338. The Labute approximate surface area is 91.9 Å². The molecule has 0 unspecified atom stereocenters. The van der Waals surface area contributed by atoms with E-state index in [2.05, 4.69) is 5.10 Å². The zero-order chi connectivity index (χ0) is 11.9. The molecule has 0 saturated carbocycles. The second-order valence-corrected chi connectivity index (χ2v) is 2.92. The number of alkyl halides is 6. The van der Waals surface area contributed by atoms with Gasteiger partial charge in [0.25, 0.3) is 5.60 Å². The number of hydrogen-bond donors (Lipinski definition) is 2. The molecule has 1 rings (SSSR count). The van der Waals surface area contributed by atoms with Gasteiger partial charge in [-0.1, -0.05) is 0 Å². The van der Waals surface area contributed by atoms with Gasteiger partial charge in [-0.25, -0.2) is 0 Å². The molecule has 0 bridgehead atoms. The Kier molecular flexibility index (Phi) is 4.10. The number of nitrogens with zero attached hydrogens (tertiary/aromatic N) is 1. The van der Waals surface area contributed by atoms with Crippen LogP contribution >= 0.6 is 12.4 Å². The SMILES string of the molecule is Cl.OC(C1=NNCC1)(C(F)(F)F)C(F)(F)F. The van der Waals surface area contributed by atoms with Crippen LogP contribution in [0.15, 0.2) is 5.10 Å². The standard InChI is InChI=1S/C6H6F6N2O.ClH/c7-5(8,9)4(15,6(10,11)12)3-1-2-13-14-3;/h13,15H,1-2H2;1H. The summed E-state index contributed by atoms with van der Waals surface area (Å²) in [6.45, 7) is -0.163. The molecule has 0 atom stereocenters.